The van der Waals surface area contributed by atoms with Crippen LogP contribution >= 0.6 is 0 Å². The van der Waals surface area contributed by atoms with E-state index >= 15 is 0 Å². The molecule has 0 aliphatic carbocycles. The second-order valence-electron chi connectivity index (χ2n) is 6.66. The molecule has 0 unspecified atom stereocenters. The van der Waals surface area contributed by atoms with Crippen molar-refractivity contribution >= 4 is 5.91 Å². The minimum Gasteiger partial charge on any atom is -0.493 e. The molecule has 0 atom stereocenters. The van der Waals surface area contributed by atoms with Crippen molar-refractivity contribution in [3.05, 3.63) is 81.8 Å². The Morgan fingerprint density at radius 3 is 2.53 bits per heavy atom. The maximum Gasteiger partial charge on any atom is 0.263 e. The molecular formula is C22H24N4O4. The standard InChI is InChI=1S/C22H24N4O4/c1-15-7-11-26(12-8-16-5-6-17(29-2)18(13-16)30-3)22(28)20(15)21(27)25-14-19-23-9-4-10-24-19/h4-7,9-11,13H,8,12,14H2,1-3H3,(H,25,27). The van der Waals surface area contributed by atoms with Crippen molar-refractivity contribution in [3.63, 3.8) is 0 Å². The van der Waals surface area contributed by atoms with Gasteiger partial charge in [0, 0.05) is 25.1 Å². The monoisotopic (exact) mass is 408 g/mol. The molecule has 0 saturated carbocycles. The summed E-state index contributed by atoms with van der Waals surface area (Å²) in [7, 11) is 3.16. The van der Waals surface area contributed by atoms with Gasteiger partial charge < -0.3 is 19.4 Å². The molecule has 0 fully saturated rings. The zero-order valence-electron chi connectivity index (χ0n) is 17.2. The molecule has 0 aliphatic rings. The van der Waals surface area contributed by atoms with E-state index in [1.807, 2.05) is 18.2 Å². The predicted octanol–water partition coefficient (Wildman–Crippen LogP) is 2.14. The normalized spacial score (nSPS) is 10.5. The van der Waals surface area contributed by atoms with Gasteiger partial charge in [-0.2, -0.15) is 0 Å². The number of hydrogen-bond acceptors (Lipinski definition) is 6. The number of carbonyl (C=O) groups excluding carboxylic acids is 1. The van der Waals surface area contributed by atoms with Crippen LogP contribution in [-0.4, -0.2) is 34.7 Å². The molecule has 3 aromatic rings. The first-order chi connectivity index (χ1) is 14.5. The third kappa shape index (κ3) is 4.83. The number of ether oxygens (including phenoxy) is 2. The molecule has 2 heterocycles. The van der Waals surface area contributed by atoms with E-state index in [0.29, 0.717) is 35.9 Å². The van der Waals surface area contributed by atoms with Crippen molar-refractivity contribution in [2.45, 2.75) is 26.4 Å². The Labute approximate surface area is 174 Å². The number of aromatic nitrogens is 3. The van der Waals surface area contributed by atoms with Crippen LogP contribution in [0, 0.1) is 6.92 Å². The third-order valence-electron chi connectivity index (χ3n) is 4.72. The first-order valence-electron chi connectivity index (χ1n) is 9.48. The van der Waals surface area contributed by atoms with Crippen LogP contribution in [0.1, 0.15) is 27.3 Å². The summed E-state index contributed by atoms with van der Waals surface area (Å²) in [4.78, 5) is 33.7. The van der Waals surface area contributed by atoms with Crippen molar-refractivity contribution in [1.82, 2.24) is 19.9 Å². The highest BCUT2D eigenvalue weighted by atomic mass is 16.5. The Balaban J connectivity index is 1.74. The topological polar surface area (TPSA) is 95.3 Å². The van der Waals surface area contributed by atoms with Gasteiger partial charge in [0.1, 0.15) is 11.4 Å². The second kappa shape index (κ2) is 9.69. The van der Waals surface area contributed by atoms with Gasteiger partial charge in [-0.05, 0) is 48.7 Å². The molecule has 156 valence electrons. The average Bonchev–Trinajstić information content (AvgIpc) is 2.77. The number of nitrogens with zero attached hydrogens (tertiary/aromatic N) is 3. The second-order valence-corrected chi connectivity index (χ2v) is 6.66. The highest BCUT2D eigenvalue weighted by Gasteiger charge is 2.16. The molecule has 0 saturated heterocycles. The van der Waals surface area contributed by atoms with Crippen LogP contribution < -0.4 is 20.3 Å². The minimum absolute atomic E-state index is 0.126. The van der Waals surface area contributed by atoms with Gasteiger partial charge in [0.05, 0.1) is 20.8 Å². The number of pyridine rings is 1. The van der Waals surface area contributed by atoms with Crippen LogP contribution in [-0.2, 0) is 19.5 Å². The SMILES string of the molecule is COc1ccc(CCn2ccc(C)c(C(=O)NCc3ncccn3)c2=O)cc1OC. The van der Waals surface area contributed by atoms with Crippen molar-refractivity contribution < 1.29 is 14.3 Å². The van der Waals surface area contributed by atoms with Gasteiger partial charge in [0.15, 0.2) is 11.5 Å². The maximum absolute atomic E-state index is 12.9. The predicted molar refractivity (Wildman–Crippen MR) is 112 cm³/mol. The molecule has 8 heteroatoms. The fraction of sp³-hybridized carbons (Fsp3) is 0.273. The summed E-state index contributed by atoms with van der Waals surface area (Å²) in [6, 6.07) is 9.10. The summed E-state index contributed by atoms with van der Waals surface area (Å²) in [6.45, 7) is 2.32. The first-order valence-corrected chi connectivity index (χ1v) is 9.48. The number of methoxy groups -OCH3 is 2. The van der Waals surface area contributed by atoms with Crippen LogP contribution in [0.3, 0.4) is 0 Å². The fourth-order valence-electron chi connectivity index (χ4n) is 3.07. The van der Waals surface area contributed by atoms with E-state index in [2.05, 4.69) is 15.3 Å². The lowest BCUT2D eigenvalue weighted by Crippen LogP contribution is -2.34. The zero-order chi connectivity index (χ0) is 21.5. The van der Waals surface area contributed by atoms with Crippen LogP contribution in [0.15, 0.2) is 53.7 Å². The van der Waals surface area contributed by atoms with E-state index in [9.17, 15) is 9.59 Å². The number of benzene rings is 1. The number of amides is 1. The van der Waals surface area contributed by atoms with E-state index in [-0.39, 0.29) is 17.7 Å². The fourth-order valence-corrected chi connectivity index (χ4v) is 3.07. The van der Waals surface area contributed by atoms with Crippen LogP contribution in [0.5, 0.6) is 11.5 Å². The summed E-state index contributed by atoms with van der Waals surface area (Å²) >= 11 is 0. The summed E-state index contributed by atoms with van der Waals surface area (Å²) in [5.74, 6) is 1.32. The molecule has 0 bridgehead atoms. The summed E-state index contributed by atoms with van der Waals surface area (Å²) in [5.41, 5.74) is 1.41. The lowest BCUT2D eigenvalue weighted by atomic mass is 10.1. The van der Waals surface area contributed by atoms with Gasteiger partial charge in [-0.25, -0.2) is 9.97 Å². The van der Waals surface area contributed by atoms with Gasteiger partial charge in [0.2, 0.25) is 0 Å². The molecule has 0 aliphatic heterocycles. The van der Waals surface area contributed by atoms with Crippen LogP contribution in [0.25, 0.3) is 0 Å². The average molecular weight is 408 g/mol. The largest absolute Gasteiger partial charge is 0.493 e. The molecule has 0 spiro atoms. The Morgan fingerprint density at radius 2 is 1.83 bits per heavy atom. The Bertz CT molecular complexity index is 1080. The smallest absolute Gasteiger partial charge is 0.263 e. The number of aryl methyl sites for hydroxylation is 3. The van der Waals surface area contributed by atoms with Crippen molar-refractivity contribution in [3.8, 4) is 11.5 Å². The Morgan fingerprint density at radius 1 is 1.10 bits per heavy atom. The van der Waals surface area contributed by atoms with E-state index < -0.39 is 5.91 Å². The van der Waals surface area contributed by atoms with Crippen LogP contribution in [0.4, 0.5) is 0 Å². The van der Waals surface area contributed by atoms with Crippen molar-refractivity contribution in [2.24, 2.45) is 0 Å². The minimum atomic E-state index is -0.439. The van der Waals surface area contributed by atoms with Gasteiger partial charge in [-0.3, -0.25) is 9.59 Å². The maximum atomic E-state index is 12.9. The first kappa shape index (κ1) is 21.0. The number of rotatable bonds is 8. The van der Waals surface area contributed by atoms with Crippen molar-refractivity contribution in [2.75, 3.05) is 14.2 Å². The highest BCUT2D eigenvalue weighted by Crippen LogP contribution is 2.27. The molecule has 2 aromatic heterocycles. The molecule has 0 radical (unpaired) electrons. The molecule has 1 N–H and O–H groups in total. The zero-order valence-corrected chi connectivity index (χ0v) is 17.2. The lowest BCUT2D eigenvalue weighted by molar-refractivity contribution is 0.0947. The van der Waals surface area contributed by atoms with Gasteiger partial charge in [-0.1, -0.05) is 6.07 Å². The van der Waals surface area contributed by atoms with Crippen LogP contribution in [0.2, 0.25) is 0 Å². The Kier molecular flexibility index (Phi) is 6.79. The van der Waals surface area contributed by atoms with Gasteiger partial charge in [-0.15, -0.1) is 0 Å². The molecule has 8 nitrogen and oxygen atoms in total. The number of hydrogen-bond donors (Lipinski definition) is 1. The van der Waals surface area contributed by atoms with Gasteiger partial charge >= 0.3 is 0 Å². The van der Waals surface area contributed by atoms with E-state index in [1.165, 1.54) is 4.57 Å². The molecule has 3 rings (SSSR count). The molecule has 30 heavy (non-hydrogen) atoms. The number of nitrogens with one attached hydrogen (secondary N) is 1. The summed E-state index contributed by atoms with van der Waals surface area (Å²) in [6.07, 6.45) is 5.50. The summed E-state index contributed by atoms with van der Waals surface area (Å²) < 4.78 is 12.1. The Hall–Kier alpha value is -3.68. The van der Waals surface area contributed by atoms with E-state index in [4.69, 9.17) is 9.47 Å². The van der Waals surface area contributed by atoms with Gasteiger partial charge in [0.25, 0.3) is 11.5 Å². The molecule has 1 amide bonds. The quantitative estimate of drug-likeness (QED) is 0.614. The highest BCUT2D eigenvalue weighted by molar-refractivity contribution is 5.95. The molecular weight excluding hydrogens is 384 g/mol. The summed E-state index contributed by atoms with van der Waals surface area (Å²) in [5, 5.41) is 2.72. The van der Waals surface area contributed by atoms with Crippen molar-refractivity contribution in [1.29, 1.82) is 0 Å². The molecule has 1 aromatic carbocycles. The van der Waals surface area contributed by atoms with E-state index in [0.717, 1.165) is 5.56 Å². The number of carbonyl (C=O) groups is 1. The lowest BCUT2D eigenvalue weighted by Gasteiger charge is -2.12. The third-order valence-corrected chi connectivity index (χ3v) is 4.72. The van der Waals surface area contributed by atoms with E-state index in [1.54, 1.807) is 51.9 Å².